The Hall–Kier alpha value is -3.41. The third kappa shape index (κ3) is 4.82. The van der Waals surface area contributed by atoms with Gasteiger partial charge >= 0.3 is 0 Å². The summed E-state index contributed by atoms with van der Waals surface area (Å²) < 4.78 is 18.9. The minimum absolute atomic E-state index is 0.124. The quantitative estimate of drug-likeness (QED) is 0.669. The van der Waals surface area contributed by atoms with Crippen LogP contribution >= 0.6 is 0 Å². The highest BCUT2D eigenvalue weighted by atomic mass is 19.1. The zero-order valence-corrected chi connectivity index (χ0v) is 14.9. The number of pyridine rings is 1. The van der Waals surface area contributed by atoms with Gasteiger partial charge in [0.25, 0.3) is 5.91 Å². The van der Waals surface area contributed by atoms with Crippen molar-refractivity contribution in [2.24, 2.45) is 0 Å². The summed E-state index contributed by atoms with van der Waals surface area (Å²) in [5.41, 5.74) is 1.86. The van der Waals surface area contributed by atoms with Gasteiger partial charge in [-0.15, -0.1) is 0 Å². The SMILES string of the molecule is COc1ccccc1CNc1ccc(C(=O)NCc2ccccc2F)cn1. The van der Waals surface area contributed by atoms with E-state index in [1.165, 1.54) is 12.3 Å². The number of carbonyl (C=O) groups is 1. The van der Waals surface area contributed by atoms with E-state index in [0.29, 0.717) is 23.5 Å². The molecular formula is C21H20FN3O2. The van der Waals surface area contributed by atoms with Gasteiger partial charge < -0.3 is 15.4 Å². The highest BCUT2D eigenvalue weighted by Crippen LogP contribution is 2.18. The maximum absolute atomic E-state index is 13.6. The molecule has 3 rings (SSSR count). The highest BCUT2D eigenvalue weighted by molar-refractivity contribution is 5.94. The predicted molar refractivity (Wildman–Crippen MR) is 102 cm³/mol. The molecule has 27 heavy (non-hydrogen) atoms. The van der Waals surface area contributed by atoms with Crippen molar-refractivity contribution >= 4 is 11.7 Å². The van der Waals surface area contributed by atoms with E-state index < -0.39 is 0 Å². The van der Waals surface area contributed by atoms with Crippen molar-refractivity contribution in [2.45, 2.75) is 13.1 Å². The van der Waals surface area contributed by atoms with E-state index in [9.17, 15) is 9.18 Å². The fraction of sp³-hybridized carbons (Fsp3) is 0.143. The predicted octanol–water partition coefficient (Wildman–Crippen LogP) is 3.77. The summed E-state index contributed by atoms with van der Waals surface area (Å²) in [5, 5.41) is 5.89. The molecule has 6 heteroatoms. The molecule has 0 aliphatic carbocycles. The number of rotatable bonds is 7. The first kappa shape index (κ1) is 18.4. The fourth-order valence-electron chi connectivity index (χ4n) is 2.59. The molecule has 0 fully saturated rings. The number of anilines is 1. The normalized spacial score (nSPS) is 10.3. The number of nitrogens with one attached hydrogen (secondary N) is 2. The number of benzene rings is 2. The molecule has 1 aromatic heterocycles. The lowest BCUT2D eigenvalue weighted by Gasteiger charge is -2.10. The Bertz CT molecular complexity index is 913. The number of para-hydroxylation sites is 1. The molecule has 1 heterocycles. The van der Waals surface area contributed by atoms with Crippen molar-refractivity contribution in [1.82, 2.24) is 10.3 Å². The first-order chi connectivity index (χ1) is 13.2. The number of amides is 1. The summed E-state index contributed by atoms with van der Waals surface area (Å²) in [6.07, 6.45) is 1.49. The van der Waals surface area contributed by atoms with E-state index in [-0.39, 0.29) is 18.3 Å². The van der Waals surface area contributed by atoms with Gasteiger partial charge in [0, 0.05) is 30.4 Å². The Labute approximate surface area is 157 Å². The smallest absolute Gasteiger partial charge is 0.253 e. The number of aromatic nitrogens is 1. The first-order valence-electron chi connectivity index (χ1n) is 8.51. The van der Waals surface area contributed by atoms with Crippen molar-refractivity contribution in [3.8, 4) is 5.75 Å². The largest absolute Gasteiger partial charge is 0.496 e. The summed E-state index contributed by atoms with van der Waals surface area (Å²) in [4.78, 5) is 16.4. The molecule has 0 spiro atoms. The third-order valence-electron chi connectivity index (χ3n) is 4.08. The standard InChI is InChI=1S/C21H20FN3O2/c1-27-19-9-5-3-7-16(19)13-23-20-11-10-17(14-24-20)21(26)25-12-15-6-2-4-8-18(15)22/h2-11,14H,12-13H2,1H3,(H,23,24)(H,25,26). The Morgan fingerprint density at radius 3 is 2.44 bits per heavy atom. The third-order valence-corrected chi connectivity index (χ3v) is 4.08. The number of hydrogen-bond acceptors (Lipinski definition) is 4. The zero-order chi connectivity index (χ0) is 19.1. The molecule has 0 aliphatic rings. The van der Waals surface area contributed by atoms with Gasteiger partial charge in [0.1, 0.15) is 17.4 Å². The van der Waals surface area contributed by atoms with Crippen LogP contribution in [0.3, 0.4) is 0 Å². The molecule has 0 bridgehead atoms. The fourth-order valence-corrected chi connectivity index (χ4v) is 2.59. The van der Waals surface area contributed by atoms with Gasteiger partial charge in [-0.25, -0.2) is 9.37 Å². The van der Waals surface area contributed by atoms with Gasteiger partial charge in [-0.1, -0.05) is 36.4 Å². The second kappa shape index (κ2) is 8.80. The van der Waals surface area contributed by atoms with Crippen molar-refractivity contribution < 1.29 is 13.9 Å². The summed E-state index contributed by atoms with van der Waals surface area (Å²) >= 11 is 0. The lowest BCUT2D eigenvalue weighted by molar-refractivity contribution is 0.0950. The van der Waals surface area contributed by atoms with Gasteiger partial charge in [0.15, 0.2) is 0 Å². The van der Waals surface area contributed by atoms with Crippen LogP contribution in [0.1, 0.15) is 21.5 Å². The van der Waals surface area contributed by atoms with E-state index in [1.807, 2.05) is 24.3 Å². The Balaban J connectivity index is 1.56. The second-order valence-corrected chi connectivity index (χ2v) is 5.87. The van der Waals surface area contributed by atoms with Crippen LogP contribution in [-0.2, 0) is 13.1 Å². The lowest BCUT2D eigenvalue weighted by Crippen LogP contribution is -2.23. The van der Waals surface area contributed by atoms with Crippen LogP contribution in [0.25, 0.3) is 0 Å². The maximum Gasteiger partial charge on any atom is 0.253 e. The van der Waals surface area contributed by atoms with E-state index >= 15 is 0 Å². The summed E-state index contributed by atoms with van der Waals surface area (Å²) in [5.74, 6) is 0.801. The van der Waals surface area contributed by atoms with Crippen LogP contribution in [0, 0.1) is 5.82 Å². The molecule has 138 valence electrons. The first-order valence-corrected chi connectivity index (χ1v) is 8.51. The Kier molecular flexibility index (Phi) is 5.99. The molecule has 5 nitrogen and oxygen atoms in total. The minimum atomic E-state index is -0.341. The highest BCUT2D eigenvalue weighted by Gasteiger charge is 2.08. The number of nitrogens with zero attached hydrogens (tertiary/aromatic N) is 1. The summed E-state index contributed by atoms with van der Waals surface area (Å²) in [7, 11) is 1.63. The second-order valence-electron chi connectivity index (χ2n) is 5.87. The van der Waals surface area contributed by atoms with Crippen LogP contribution < -0.4 is 15.4 Å². The van der Waals surface area contributed by atoms with Crippen molar-refractivity contribution in [1.29, 1.82) is 0 Å². The molecular weight excluding hydrogens is 345 g/mol. The number of hydrogen-bond donors (Lipinski definition) is 2. The van der Waals surface area contributed by atoms with E-state index in [2.05, 4.69) is 15.6 Å². The van der Waals surface area contributed by atoms with E-state index in [4.69, 9.17) is 4.74 Å². The molecule has 0 unspecified atom stereocenters. The molecule has 2 N–H and O–H groups in total. The maximum atomic E-state index is 13.6. The van der Waals surface area contributed by atoms with Gasteiger partial charge in [-0.2, -0.15) is 0 Å². The molecule has 0 aliphatic heterocycles. The molecule has 0 radical (unpaired) electrons. The van der Waals surface area contributed by atoms with Gasteiger partial charge in [0.2, 0.25) is 0 Å². The molecule has 0 saturated heterocycles. The topological polar surface area (TPSA) is 63.2 Å². The van der Waals surface area contributed by atoms with Crippen molar-refractivity contribution in [3.05, 3.63) is 89.4 Å². The molecule has 3 aromatic rings. The summed E-state index contributed by atoms with van der Waals surface area (Å²) in [6.45, 7) is 0.676. The number of methoxy groups -OCH3 is 1. The van der Waals surface area contributed by atoms with Crippen molar-refractivity contribution in [3.63, 3.8) is 0 Å². The number of ether oxygens (including phenoxy) is 1. The summed E-state index contributed by atoms with van der Waals surface area (Å²) in [6, 6.07) is 17.5. The minimum Gasteiger partial charge on any atom is -0.496 e. The van der Waals surface area contributed by atoms with Crippen LogP contribution in [0.15, 0.2) is 66.9 Å². The molecule has 1 amide bonds. The van der Waals surface area contributed by atoms with E-state index in [1.54, 1.807) is 37.4 Å². The van der Waals surface area contributed by atoms with Crippen LogP contribution in [-0.4, -0.2) is 18.0 Å². The molecule has 0 saturated carbocycles. The van der Waals surface area contributed by atoms with Gasteiger partial charge in [-0.05, 0) is 24.3 Å². The average molecular weight is 365 g/mol. The van der Waals surface area contributed by atoms with Gasteiger partial charge in [-0.3, -0.25) is 4.79 Å². The average Bonchev–Trinajstić information content (AvgIpc) is 2.72. The molecule has 0 atom stereocenters. The van der Waals surface area contributed by atoms with Crippen LogP contribution in [0.5, 0.6) is 5.75 Å². The van der Waals surface area contributed by atoms with Gasteiger partial charge in [0.05, 0.1) is 12.7 Å². The van der Waals surface area contributed by atoms with Crippen molar-refractivity contribution in [2.75, 3.05) is 12.4 Å². The van der Waals surface area contributed by atoms with Crippen LogP contribution in [0.2, 0.25) is 0 Å². The lowest BCUT2D eigenvalue weighted by atomic mass is 10.2. The molecule has 2 aromatic carbocycles. The number of halogens is 1. The zero-order valence-electron chi connectivity index (χ0n) is 14.9. The van der Waals surface area contributed by atoms with E-state index in [0.717, 1.165) is 11.3 Å². The monoisotopic (exact) mass is 365 g/mol. The Morgan fingerprint density at radius 2 is 1.74 bits per heavy atom. The van der Waals surface area contributed by atoms with Crippen LogP contribution in [0.4, 0.5) is 10.2 Å². The number of carbonyl (C=O) groups excluding carboxylic acids is 1. The Morgan fingerprint density at radius 1 is 1.00 bits per heavy atom.